The fourth-order valence-corrected chi connectivity index (χ4v) is 4.27. The average molecular weight is 451 g/mol. The van der Waals surface area contributed by atoms with E-state index in [0.29, 0.717) is 34.3 Å². The Kier molecular flexibility index (Phi) is 5.51. The summed E-state index contributed by atoms with van der Waals surface area (Å²) in [5, 5.41) is 11.7. The summed E-state index contributed by atoms with van der Waals surface area (Å²) in [4.78, 5) is 41.0. The van der Waals surface area contributed by atoms with Crippen LogP contribution in [0.1, 0.15) is 46.6 Å². The number of hydrogen-bond donors (Lipinski definition) is 0. The molecule has 10 heteroatoms. The first-order chi connectivity index (χ1) is 16.0. The van der Waals surface area contributed by atoms with E-state index >= 15 is 0 Å². The molecule has 0 fully saturated rings. The highest BCUT2D eigenvalue weighted by atomic mass is 16.7. The molecule has 1 aromatic heterocycles. The van der Waals surface area contributed by atoms with Crippen molar-refractivity contribution < 1.29 is 23.9 Å². The number of nitro groups is 1. The maximum absolute atomic E-state index is 12.9. The van der Waals surface area contributed by atoms with Crippen molar-refractivity contribution in [2.45, 2.75) is 45.4 Å². The molecule has 2 aliphatic heterocycles. The highest BCUT2D eigenvalue weighted by Gasteiger charge is 2.22. The van der Waals surface area contributed by atoms with Gasteiger partial charge < -0.3 is 14.2 Å². The Hall–Kier alpha value is -3.79. The van der Waals surface area contributed by atoms with Crippen LogP contribution in [0.25, 0.3) is 10.9 Å². The van der Waals surface area contributed by atoms with Crippen LogP contribution in [-0.4, -0.2) is 27.2 Å². The van der Waals surface area contributed by atoms with Crippen molar-refractivity contribution in [3.8, 4) is 5.75 Å². The molecule has 2 aromatic carbocycles. The Labute approximate surface area is 187 Å². The molecule has 0 saturated carbocycles. The quantitative estimate of drug-likeness (QED) is 0.336. The average Bonchev–Trinajstić information content (AvgIpc) is 3.07. The Balaban J connectivity index is 1.41. The van der Waals surface area contributed by atoms with Gasteiger partial charge in [0.2, 0.25) is 0 Å². The van der Waals surface area contributed by atoms with Gasteiger partial charge in [0.1, 0.15) is 18.2 Å². The normalized spacial score (nSPS) is 15.2. The summed E-state index contributed by atoms with van der Waals surface area (Å²) in [5.41, 5.74) is 1.38. The minimum Gasteiger partial charge on any atom is -0.467 e. The van der Waals surface area contributed by atoms with Crippen LogP contribution in [0.3, 0.4) is 0 Å². The van der Waals surface area contributed by atoms with E-state index < -0.39 is 10.9 Å². The van der Waals surface area contributed by atoms with Crippen molar-refractivity contribution in [1.82, 2.24) is 9.55 Å². The maximum atomic E-state index is 12.9. The fraction of sp³-hybridized carbons (Fsp3) is 0.348. The van der Waals surface area contributed by atoms with Crippen LogP contribution in [0.2, 0.25) is 0 Å². The lowest BCUT2D eigenvalue weighted by atomic mass is 10.1. The summed E-state index contributed by atoms with van der Waals surface area (Å²) >= 11 is 0. The zero-order chi connectivity index (χ0) is 22.9. The lowest BCUT2D eigenvalue weighted by Gasteiger charge is -2.20. The standard InChI is InChI=1S/C23H21N3O7/c27-22-18-6-5-14(10-19(18)24-20-4-2-1-3-7-25(20)22)23(28)32-12-16-9-17(26(29)30)8-15-11-31-13-33-21(15)16/h5-6,8-10H,1-4,7,11-13H2. The lowest BCUT2D eigenvalue weighted by molar-refractivity contribution is -0.385. The monoisotopic (exact) mass is 451 g/mol. The third kappa shape index (κ3) is 4.05. The second-order valence-corrected chi connectivity index (χ2v) is 8.06. The van der Waals surface area contributed by atoms with E-state index in [1.54, 1.807) is 16.7 Å². The zero-order valence-corrected chi connectivity index (χ0v) is 17.7. The number of rotatable bonds is 4. The molecule has 0 amide bonds. The van der Waals surface area contributed by atoms with Gasteiger partial charge in [-0.1, -0.05) is 6.42 Å². The molecule has 0 unspecified atom stereocenters. The van der Waals surface area contributed by atoms with Crippen molar-refractivity contribution in [3.05, 3.63) is 73.3 Å². The van der Waals surface area contributed by atoms with E-state index in [1.807, 2.05) is 0 Å². The summed E-state index contributed by atoms with van der Waals surface area (Å²) in [5.74, 6) is 0.537. The molecule has 2 aliphatic rings. The van der Waals surface area contributed by atoms with Crippen LogP contribution in [0.5, 0.6) is 5.75 Å². The minimum absolute atomic E-state index is 0.0158. The number of esters is 1. The van der Waals surface area contributed by atoms with Gasteiger partial charge in [-0.3, -0.25) is 19.5 Å². The van der Waals surface area contributed by atoms with Crippen LogP contribution < -0.4 is 10.3 Å². The molecule has 3 heterocycles. The highest BCUT2D eigenvalue weighted by molar-refractivity contribution is 5.94. The second kappa shape index (κ2) is 8.62. The smallest absolute Gasteiger partial charge is 0.338 e. The first kappa shape index (κ1) is 21.1. The molecule has 0 aliphatic carbocycles. The largest absolute Gasteiger partial charge is 0.467 e. The van der Waals surface area contributed by atoms with Crippen LogP contribution in [0, 0.1) is 10.1 Å². The van der Waals surface area contributed by atoms with Crippen LogP contribution >= 0.6 is 0 Å². The van der Waals surface area contributed by atoms with E-state index in [9.17, 15) is 19.7 Å². The molecule has 0 radical (unpaired) electrons. The van der Waals surface area contributed by atoms with Gasteiger partial charge >= 0.3 is 5.97 Å². The number of hydrogen-bond acceptors (Lipinski definition) is 8. The van der Waals surface area contributed by atoms with E-state index in [0.717, 1.165) is 31.5 Å². The number of non-ortho nitro benzene ring substituents is 1. The Morgan fingerprint density at radius 1 is 1.21 bits per heavy atom. The van der Waals surface area contributed by atoms with Crippen molar-refractivity contribution in [3.63, 3.8) is 0 Å². The Morgan fingerprint density at radius 3 is 2.94 bits per heavy atom. The van der Waals surface area contributed by atoms with E-state index in [2.05, 4.69) is 4.98 Å². The number of benzene rings is 2. The number of carbonyl (C=O) groups excluding carboxylic acids is 1. The topological polar surface area (TPSA) is 123 Å². The van der Waals surface area contributed by atoms with Gasteiger partial charge in [-0.2, -0.15) is 0 Å². The molecule has 0 saturated heterocycles. The summed E-state index contributed by atoms with van der Waals surface area (Å²) in [6.45, 7) is 0.638. The van der Waals surface area contributed by atoms with Crippen molar-refractivity contribution in [2.75, 3.05) is 6.79 Å². The van der Waals surface area contributed by atoms with Gasteiger partial charge in [-0.25, -0.2) is 9.78 Å². The SMILES string of the molecule is O=C(OCc1cc([N+](=O)[O-])cc2c1OCOC2)c1ccc2c(=O)n3c(nc2c1)CCCCC3. The van der Waals surface area contributed by atoms with Gasteiger partial charge in [0.15, 0.2) is 6.79 Å². The zero-order valence-electron chi connectivity index (χ0n) is 17.7. The summed E-state index contributed by atoms with van der Waals surface area (Å²) in [6, 6.07) is 7.39. The molecule has 3 aromatic rings. The number of aryl methyl sites for hydroxylation is 1. The van der Waals surface area contributed by atoms with Crippen LogP contribution in [0.15, 0.2) is 35.1 Å². The summed E-state index contributed by atoms with van der Waals surface area (Å²) < 4.78 is 17.8. The van der Waals surface area contributed by atoms with Gasteiger partial charge in [0.05, 0.1) is 28.0 Å². The third-order valence-corrected chi connectivity index (χ3v) is 5.89. The molecule has 33 heavy (non-hydrogen) atoms. The van der Waals surface area contributed by atoms with Gasteiger partial charge in [0, 0.05) is 36.2 Å². The summed E-state index contributed by atoms with van der Waals surface area (Å²) in [7, 11) is 0. The lowest BCUT2D eigenvalue weighted by Crippen LogP contribution is -2.24. The van der Waals surface area contributed by atoms with Crippen molar-refractivity contribution in [2.24, 2.45) is 0 Å². The van der Waals surface area contributed by atoms with Crippen molar-refractivity contribution in [1.29, 1.82) is 0 Å². The molecule has 0 atom stereocenters. The molecular formula is C23H21N3O7. The third-order valence-electron chi connectivity index (χ3n) is 5.89. The maximum Gasteiger partial charge on any atom is 0.338 e. The number of carbonyl (C=O) groups is 1. The molecule has 10 nitrogen and oxygen atoms in total. The molecule has 0 N–H and O–H groups in total. The van der Waals surface area contributed by atoms with Crippen LogP contribution in [-0.2, 0) is 35.7 Å². The molecule has 170 valence electrons. The number of nitrogens with zero attached hydrogens (tertiary/aromatic N) is 3. The molecule has 0 bridgehead atoms. The Morgan fingerprint density at radius 2 is 2.09 bits per heavy atom. The molecular weight excluding hydrogens is 430 g/mol. The van der Waals surface area contributed by atoms with Gasteiger partial charge in [0.25, 0.3) is 11.2 Å². The van der Waals surface area contributed by atoms with Crippen molar-refractivity contribution >= 4 is 22.6 Å². The van der Waals surface area contributed by atoms with E-state index in [4.69, 9.17) is 14.2 Å². The van der Waals surface area contributed by atoms with Gasteiger partial charge in [-0.05, 0) is 31.0 Å². The predicted molar refractivity (Wildman–Crippen MR) is 116 cm³/mol. The van der Waals surface area contributed by atoms with Crippen LogP contribution in [0.4, 0.5) is 5.69 Å². The van der Waals surface area contributed by atoms with E-state index in [-0.39, 0.29) is 36.8 Å². The first-order valence-electron chi connectivity index (χ1n) is 10.7. The molecule has 5 rings (SSSR count). The van der Waals surface area contributed by atoms with E-state index in [1.165, 1.54) is 18.2 Å². The minimum atomic E-state index is -0.624. The Bertz CT molecular complexity index is 1330. The first-order valence-corrected chi connectivity index (χ1v) is 10.7. The second-order valence-electron chi connectivity index (χ2n) is 8.06. The van der Waals surface area contributed by atoms with Gasteiger partial charge in [-0.15, -0.1) is 0 Å². The summed E-state index contributed by atoms with van der Waals surface area (Å²) in [6.07, 6.45) is 3.69. The fourth-order valence-electron chi connectivity index (χ4n) is 4.27. The number of ether oxygens (including phenoxy) is 3. The number of fused-ring (bicyclic) bond motifs is 3. The number of aromatic nitrogens is 2. The molecule has 0 spiro atoms. The number of nitro benzene ring substituents is 1. The highest BCUT2D eigenvalue weighted by Crippen LogP contribution is 2.33. The predicted octanol–water partition coefficient (Wildman–Crippen LogP) is 3.25.